The molecule has 1 N–H and O–H groups in total. The molecular weight excluding hydrogens is 457 g/mol. The molecule has 2 aromatic carbocycles. The van der Waals surface area contributed by atoms with Gasteiger partial charge in [0.15, 0.2) is 0 Å². The van der Waals surface area contributed by atoms with Gasteiger partial charge in [-0.2, -0.15) is 18.4 Å². The van der Waals surface area contributed by atoms with Gasteiger partial charge in [-0.1, -0.05) is 18.2 Å². The highest BCUT2D eigenvalue weighted by Crippen LogP contribution is 2.39. The van der Waals surface area contributed by atoms with Crippen LogP contribution in [-0.4, -0.2) is 36.2 Å². The highest BCUT2D eigenvalue weighted by molar-refractivity contribution is 6.09. The van der Waals surface area contributed by atoms with Crippen LogP contribution in [0.15, 0.2) is 60.8 Å². The van der Waals surface area contributed by atoms with Crippen molar-refractivity contribution in [3.63, 3.8) is 0 Å². The van der Waals surface area contributed by atoms with Gasteiger partial charge in [-0.15, -0.1) is 0 Å². The first-order valence-corrected chi connectivity index (χ1v) is 11.0. The minimum Gasteiger partial charge on any atom is -0.372 e. The number of anilines is 2. The minimum atomic E-state index is -4.67. The molecule has 35 heavy (non-hydrogen) atoms. The van der Waals surface area contributed by atoms with Gasteiger partial charge in [0.2, 0.25) is 0 Å². The number of hydrogen-bond acceptors (Lipinski definition) is 5. The van der Waals surface area contributed by atoms with E-state index < -0.39 is 17.6 Å². The third-order valence-electron chi connectivity index (χ3n) is 5.67. The molecule has 6 nitrogen and oxygen atoms in total. The Morgan fingerprint density at radius 3 is 2.34 bits per heavy atom. The van der Waals surface area contributed by atoms with Crippen molar-refractivity contribution in [1.82, 2.24) is 4.98 Å². The van der Waals surface area contributed by atoms with Crippen LogP contribution in [0.5, 0.6) is 0 Å². The molecule has 1 aliphatic heterocycles. The Morgan fingerprint density at radius 2 is 1.77 bits per heavy atom. The Kier molecular flexibility index (Phi) is 6.76. The number of pyridine rings is 1. The molecule has 1 amide bonds. The number of carbonyl (C=O) groups is 1. The second-order valence-electron chi connectivity index (χ2n) is 8.44. The number of morpholine rings is 1. The predicted octanol–water partition coefficient (Wildman–Crippen LogP) is 5.50. The summed E-state index contributed by atoms with van der Waals surface area (Å²) in [7, 11) is 0. The van der Waals surface area contributed by atoms with E-state index in [1.165, 1.54) is 42.6 Å². The second-order valence-corrected chi connectivity index (χ2v) is 8.44. The number of ether oxygens (including phenoxy) is 1. The zero-order chi connectivity index (χ0) is 25.2. The van der Waals surface area contributed by atoms with Crippen LogP contribution in [0.1, 0.15) is 35.3 Å². The Hall–Kier alpha value is -3.90. The number of hydrogen-bond donors (Lipinski definition) is 1. The van der Waals surface area contributed by atoms with Crippen molar-refractivity contribution in [3.8, 4) is 17.2 Å². The SMILES string of the molecule is CC1CN(c2ccc(NC(=O)c3cccc(C(F)(F)F)c3-c3ccc(C#N)cc3)cn2)CC(C)O1. The lowest BCUT2D eigenvalue weighted by molar-refractivity contribution is -0.137. The number of aromatic nitrogens is 1. The van der Waals surface area contributed by atoms with E-state index >= 15 is 0 Å². The van der Waals surface area contributed by atoms with E-state index in [-0.39, 0.29) is 28.9 Å². The fraction of sp³-hybridized carbons (Fsp3) is 0.269. The maximum atomic E-state index is 13.8. The minimum absolute atomic E-state index is 0.0569. The second kappa shape index (κ2) is 9.76. The number of nitrogens with zero attached hydrogens (tertiary/aromatic N) is 3. The molecule has 180 valence electrons. The van der Waals surface area contributed by atoms with Crippen LogP contribution in [0.3, 0.4) is 0 Å². The highest BCUT2D eigenvalue weighted by Gasteiger charge is 2.35. The molecule has 1 aromatic heterocycles. The molecule has 2 unspecified atom stereocenters. The van der Waals surface area contributed by atoms with Crippen LogP contribution in [0.4, 0.5) is 24.7 Å². The van der Waals surface area contributed by atoms with E-state index in [1.807, 2.05) is 19.9 Å². The molecular formula is C26H23F3N4O2. The third-order valence-corrected chi connectivity index (χ3v) is 5.67. The van der Waals surface area contributed by atoms with Crippen molar-refractivity contribution in [1.29, 1.82) is 5.26 Å². The van der Waals surface area contributed by atoms with Crippen molar-refractivity contribution in [2.45, 2.75) is 32.2 Å². The maximum Gasteiger partial charge on any atom is 0.417 e. The smallest absolute Gasteiger partial charge is 0.372 e. The Balaban J connectivity index is 1.62. The van der Waals surface area contributed by atoms with Crippen molar-refractivity contribution in [2.75, 3.05) is 23.3 Å². The van der Waals surface area contributed by atoms with Crippen LogP contribution in [0.25, 0.3) is 11.1 Å². The first-order chi connectivity index (χ1) is 16.7. The number of halogens is 3. The lowest BCUT2D eigenvalue weighted by Crippen LogP contribution is -2.45. The number of benzene rings is 2. The molecule has 9 heteroatoms. The van der Waals surface area contributed by atoms with Crippen molar-refractivity contribution in [2.24, 2.45) is 0 Å². The van der Waals surface area contributed by atoms with Crippen LogP contribution in [0.2, 0.25) is 0 Å². The number of nitrogens with one attached hydrogen (secondary N) is 1. The molecule has 0 saturated carbocycles. The normalized spacial score (nSPS) is 18.1. The van der Waals surface area contributed by atoms with E-state index in [9.17, 15) is 18.0 Å². The van der Waals surface area contributed by atoms with E-state index in [2.05, 4.69) is 15.2 Å². The quantitative estimate of drug-likeness (QED) is 0.533. The van der Waals surface area contributed by atoms with Gasteiger partial charge in [0, 0.05) is 24.2 Å². The van der Waals surface area contributed by atoms with Gasteiger partial charge >= 0.3 is 6.18 Å². The summed E-state index contributed by atoms with van der Waals surface area (Å²) < 4.78 is 47.2. The molecule has 2 heterocycles. The van der Waals surface area contributed by atoms with E-state index in [0.29, 0.717) is 24.3 Å². The van der Waals surface area contributed by atoms with Gasteiger partial charge < -0.3 is 15.0 Å². The summed E-state index contributed by atoms with van der Waals surface area (Å²) in [6.45, 7) is 5.33. The molecule has 1 aliphatic rings. The van der Waals surface area contributed by atoms with E-state index in [4.69, 9.17) is 10.00 Å². The number of rotatable bonds is 4. The topological polar surface area (TPSA) is 78.3 Å². The Morgan fingerprint density at radius 1 is 1.09 bits per heavy atom. The van der Waals surface area contributed by atoms with Crippen LogP contribution < -0.4 is 10.2 Å². The van der Waals surface area contributed by atoms with Crippen LogP contribution >= 0.6 is 0 Å². The molecule has 0 aliphatic carbocycles. The van der Waals surface area contributed by atoms with E-state index in [0.717, 1.165) is 11.9 Å². The number of nitriles is 1. The zero-order valence-electron chi connectivity index (χ0n) is 19.1. The van der Waals surface area contributed by atoms with Gasteiger partial charge in [0.1, 0.15) is 5.82 Å². The average Bonchev–Trinajstić information content (AvgIpc) is 2.83. The van der Waals surface area contributed by atoms with Crippen molar-refractivity contribution < 1.29 is 22.7 Å². The number of carbonyl (C=O) groups excluding carboxylic acids is 1. The van der Waals surface area contributed by atoms with Gasteiger partial charge in [-0.3, -0.25) is 4.79 Å². The predicted molar refractivity (Wildman–Crippen MR) is 126 cm³/mol. The van der Waals surface area contributed by atoms with Gasteiger partial charge in [-0.05, 0) is 55.8 Å². The molecule has 0 radical (unpaired) electrons. The number of amides is 1. The molecule has 1 saturated heterocycles. The summed E-state index contributed by atoms with van der Waals surface area (Å²) >= 11 is 0. The summed E-state index contributed by atoms with van der Waals surface area (Å²) in [6.07, 6.45) is -3.08. The summed E-state index contributed by atoms with van der Waals surface area (Å²) in [4.78, 5) is 19.6. The standard InChI is InChI=1S/C26H23F3N4O2/c1-16-14-33(15-17(2)35-16)23-11-10-20(13-31-23)32-25(34)21-4-3-5-22(26(27,28)29)24(21)19-8-6-18(12-30)7-9-19/h3-11,13,16-17H,14-15H2,1-2H3,(H,32,34). The molecule has 3 aromatic rings. The largest absolute Gasteiger partial charge is 0.417 e. The molecule has 4 rings (SSSR count). The van der Waals surface area contributed by atoms with Gasteiger partial charge in [-0.25, -0.2) is 4.98 Å². The lowest BCUT2D eigenvalue weighted by Gasteiger charge is -2.36. The maximum absolute atomic E-state index is 13.8. The van der Waals surface area contributed by atoms with Gasteiger partial charge in [0.25, 0.3) is 5.91 Å². The molecule has 1 fully saturated rings. The Labute approximate surface area is 201 Å². The van der Waals surface area contributed by atoms with Crippen molar-refractivity contribution in [3.05, 3.63) is 77.5 Å². The van der Waals surface area contributed by atoms with Crippen LogP contribution in [-0.2, 0) is 10.9 Å². The van der Waals surface area contributed by atoms with Crippen LogP contribution in [0, 0.1) is 11.3 Å². The summed E-state index contributed by atoms with van der Waals surface area (Å²) in [5.74, 6) is 0.0287. The Bertz CT molecular complexity index is 1240. The molecule has 0 bridgehead atoms. The molecule has 0 spiro atoms. The van der Waals surface area contributed by atoms with E-state index in [1.54, 1.807) is 12.1 Å². The van der Waals surface area contributed by atoms with Gasteiger partial charge in [0.05, 0.1) is 41.3 Å². The third kappa shape index (κ3) is 5.44. The fourth-order valence-electron chi connectivity index (χ4n) is 4.21. The first kappa shape index (κ1) is 24.2. The highest BCUT2D eigenvalue weighted by atomic mass is 19.4. The lowest BCUT2D eigenvalue weighted by atomic mass is 9.93. The fourth-order valence-corrected chi connectivity index (χ4v) is 4.21. The zero-order valence-corrected chi connectivity index (χ0v) is 19.1. The monoisotopic (exact) mass is 480 g/mol. The summed E-state index contributed by atoms with van der Waals surface area (Å²) in [5.41, 5.74) is -0.465. The number of alkyl halides is 3. The summed E-state index contributed by atoms with van der Waals surface area (Å²) in [6, 6.07) is 14.5. The average molecular weight is 480 g/mol. The summed E-state index contributed by atoms with van der Waals surface area (Å²) in [5, 5.41) is 11.7. The van der Waals surface area contributed by atoms with Crippen molar-refractivity contribution >= 4 is 17.4 Å². The first-order valence-electron chi connectivity index (χ1n) is 11.0. The molecule has 2 atom stereocenters.